The molecular formula is C20H25ClN2O3S. The molecule has 1 aromatic heterocycles. The summed E-state index contributed by atoms with van der Waals surface area (Å²) in [6, 6.07) is 13.9. The minimum Gasteiger partial charge on any atom is -0.383 e. The van der Waals surface area contributed by atoms with Crippen LogP contribution in [0.5, 0.6) is 0 Å². The van der Waals surface area contributed by atoms with E-state index in [1.54, 1.807) is 23.3 Å². The monoisotopic (exact) mass is 408 g/mol. The second kappa shape index (κ2) is 11.1. The molecule has 0 spiro atoms. The van der Waals surface area contributed by atoms with E-state index in [0.29, 0.717) is 26.2 Å². The van der Waals surface area contributed by atoms with Gasteiger partial charge in [-0.05, 0) is 24.6 Å². The number of hydrogen-bond donors (Lipinski definition) is 0. The SMILES string of the molecule is COCCN(CC(=O)N(Cc1ccccc1)Cc1ccc(C)s1)C(=O)CCl. The minimum atomic E-state index is -0.270. The lowest BCUT2D eigenvalue weighted by Crippen LogP contribution is -2.44. The van der Waals surface area contributed by atoms with Crippen LogP contribution in [0.3, 0.4) is 0 Å². The van der Waals surface area contributed by atoms with Crippen LogP contribution >= 0.6 is 22.9 Å². The van der Waals surface area contributed by atoms with Crippen LogP contribution in [0.4, 0.5) is 0 Å². The number of nitrogens with zero attached hydrogens (tertiary/aromatic N) is 2. The Morgan fingerprint density at radius 3 is 2.37 bits per heavy atom. The van der Waals surface area contributed by atoms with Crippen LogP contribution in [0, 0.1) is 6.92 Å². The van der Waals surface area contributed by atoms with Gasteiger partial charge in [0.15, 0.2) is 0 Å². The van der Waals surface area contributed by atoms with Gasteiger partial charge in [-0.25, -0.2) is 0 Å². The minimum absolute atomic E-state index is 0.00783. The van der Waals surface area contributed by atoms with Crippen LogP contribution in [-0.2, 0) is 27.4 Å². The summed E-state index contributed by atoms with van der Waals surface area (Å²) in [6.45, 7) is 3.74. The lowest BCUT2D eigenvalue weighted by molar-refractivity contribution is -0.140. The molecule has 0 aliphatic heterocycles. The molecule has 0 radical (unpaired) electrons. The zero-order chi connectivity index (χ0) is 19.6. The van der Waals surface area contributed by atoms with E-state index in [9.17, 15) is 9.59 Å². The first-order valence-corrected chi connectivity index (χ1v) is 10.1. The third-order valence-electron chi connectivity index (χ3n) is 4.07. The topological polar surface area (TPSA) is 49.9 Å². The van der Waals surface area contributed by atoms with E-state index in [1.807, 2.05) is 49.4 Å². The standard InChI is InChI=1S/C20H25ClN2O3S/c1-16-8-9-18(27-16)14-23(13-17-6-4-3-5-7-17)20(25)15-22(10-11-26-2)19(24)12-21/h3-9H,10-15H2,1-2H3. The van der Waals surface area contributed by atoms with Crippen molar-refractivity contribution in [2.45, 2.75) is 20.0 Å². The van der Waals surface area contributed by atoms with Gasteiger partial charge in [-0.3, -0.25) is 9.59 Å². The summed E-state index contributed by atoms with van der Waals surface area (Å²) in [5, 5.41) is 0. The smallest absolute Gasteiger partial charge is 0.242 e. The normalized spacial score (nSPS) is 10.6. The number of ether oxygens (including phenoxy) is 1. The van der Waals surface area contributed by atoms with Gasteiger partial charge in [0, 0.05) is 30.0 Å². The van der Waals surface area contributed by atoms with Gasteiger partial charge < -0.3 is 14.5 Å². The Hall–Kier alpha value is -1.89. The highest BCUT2D eigenvalue weighted by atomic mass is 35.5. The van der Waals surface area contributed by atoms with Gasteiger partial charge in [0.2, 0.25) is 11.8 Å². The molecule has 1 heterocycles. The van der Waals surface area contributed by atoms with Crippen molar-refractivity contribution >= 4 is 34.8 Å². The molecule has 0 aliphatic rings. The number of hydrogen-bond acceptors (Lipinski definition) is 4. The predicted molar refractivity (Wildman–Crippen MR) is 109 cm³/mol. The third kappa shape index (κ3) is 6.97. The number of carbonyl (C=O) groups is 2. The molecule has 0 saturated heterocycles. The summed E-state index contributed by atoms with van der Waals surface area (Å²) >= 11 is 7.37. The summed E-state index contributed by atoms with van der Waals surface area (Å²) < 4.78 is 5.04. The van der Waals surface area contributed by atoms with Crippen molar-refractivity contribution in [1.82, 2.24) is 9.80 Å². The molecule has 146 valence electrons. The number of thiophene rings is 1. The second-order valence-corrected chi connectivity index (χ2v) is 7.83. The number of halogens is 1. The Labute approximate surface area is 169 Å². The second-order valence-electron chi connectivity index (χ2n) is 6.19. The highest BCUT2D eigenvalue weighted by Gasteiger charge is 2.21. The van der Waals surface area contributed by atoms with E-state index >= 15 is 0 Å². The molecule has 2 rings (SSSR count). The zero-order valence-electron chi connectivity index (χ0n) is 15.7. The summed E-state index contributed by atoms with van der Waals surface area (Å²) in [4.78, 5) is 30.6. The van der Waals surface area contributed by atoms with E-state index in [-0.39, 0.29) is 24.2 Å². The lowest BCUT2D eigenvalue weighted by atomic mass is 10.2. The van der Waals surface area contributed by atoms with Crippen molar-refractivity contribution in [2.75, 3.05) is 32.7 Å². The highest BCUT2D eigenvalue weighted by molar-refractivity contribution is 7.11. The number of carbonyl (C=O) groups excluding carboxylic acids is 2. The van der Waals surface area contributed by atoms with Crippen molar-refractivity contribution in [3.05, 3.63) is 57.8 Å². The van der Waals surface area contributed by atoms with Crippen LogP contribution in [0.1, 0.15) is 15.3 Å². The molecule has 5 nitrogen and oxygen atoms in total. The predicted octanol–water partition coefficient (Wildman–Crippen LogP) is 3.30. The molecule has 0 atom stereocenters. The van der Waals surface area contributed by atoms with Crippen LogP contribution < -0.4 is 0 Å². The van der Waals surface area contributed by atoms with E-state index in [1.165, 1.54) is 9.78 Å². The Balaban J connectivity index is 2.14. The highest BCUT2D eigenvalue weighted by Crippen LogP contribution is 2.19. The number of alkyl halides is 1. The fourth-order valence-electron chi connectivity index (χ4n) is 2.64. The number of methoxy groups -OCH3 is 1. The first-order valence-electron chi connectivity index (χ1n) is 8.73. The van der Waals surface area contributed by atoms with Crippen molar-refractivity contribution < 1.29 is 14.3 Å². The molecule has 2 aromatic rings. The molecule has 0 unspecified atom stereocenters. The lowest BCUT2D eigenvalue weighted by Gasteiger charge is -2.27. The van der Waals surface area contributed by atoms with E-state index in [4.69, 9.17) is 16.3 Å². The molecule has 0 bridgehead atoms. The fourth-order valence-corrected chi connectivity index (χ4v) is 3.71. The van der Waals surface area contributed by atoms with Gasteiger partial charge in [0.05, 0.1) is 19.7 Å². The van der Waals surface area contributed by atoms with Gasteiger partial charge in [-0.1, -0.05) is 30.3 Å². The van der Waals surface area contributed by atoms with Gasteiger partial charge in [0.1, 0.15) is 5.88 Å². The molecule has 0 saturated carbocycles. The Morgan fingerprint density at radius 2 is 1.78 bits per heavy atom. The molecular weight excluding hydrogens is 384 g/mol. The van der Waals surface area contributed by atoms with E-state index < -0.39 is 0 Å². The molecule has 7 heteroatoms. The maximum Gasteiger partial charge on any atom is 0.242 e. The summed E-state index contributed by atoms with van der Waals surface area (Å²) in [5.41, 5.74) is 1.05. The quantitative estimate of drug-likeness (QED) is 0.567. The van der Waals surface area contributed by atoms with Gasteiger partial charge in [-0.15, -0.1) is 22.9 Å². The number of benzene rings is 1. The van der Waals surface area contributed by atoms with Crippen molar-refractivity contribution in [2.24, 2.45) is 0 Å². The van der Waals surface area contributed by atoms with Gasteiger partial charge >= 0.3 is 0 Å². The number of rotatable bonds is 10. The number of amides is 2. The summed E-state index contributed by atoms with van der Waals surface area (Å²) in [6.07, 6.45) is 0. The van der Waals surface area contributed by atoms with Crippen LogP contribution in [0.15, 0.2) is 42.5 Å². The van der Waals surface area contributed by atoms with E-state index in [2.05, 4.69) is 0 Å². The summed E-state index contributed by atoms with van der Waals surface area (Å²) in [5.74, 6) is -0.534. The molecule has 0 N–H and O–H groups in total. The molecule has 27 heavy (non-hydrogen) atoms. The van der Waals surface area contributed by atoms with Gasteiger partial charge in [0.25, 0.3) is 0 Å². The van der Waals surface area contributed by atoms with Crippen LogP contribution in [0.2, 0.25) is 0 Å². The summed E-state index contributed by atoms with van der Waals surface area (Å²) in [7, 11) is 1.56. The number of aryl methyl sites for hydroxylation is 1. The average Bonchev–Trinajstić information content (AvgIpc) is 3.09. The first-order chi connectivity index (χ1) is 13.0. The van der Waals surface area contributed by atoms with Gasteiger partial charge in [-0.2, -0.15) is 0 Å². The largest absolute Gasteiger partial charge is 0.383 e. The van der Waals surface area contributed by atoms with Crippen molar-refractivity contribution in [1.29, 1.82) is 0 Å². The molecule has 0 fully saturated rings. The fraction of sp³-hybridized carbons (Fsp3) is 0.400. The van der Waals surface area contributed by atoms with Crippen molar-refractivity contribution in [3.8, 4) is 0 Å². The molecule has 0 aliphatic carbocycles. The maximum absolute atomic E-state index is 13.0. The average molecular weight is 409 g/mol. The molecule has 1 aromatic carbocycles. The maximum atomic E-state index is 13.0. The van der Waals surface area contributed by atoms with Crippen molar-refractivity contribution in [3.63, 3.8) is 0 Å². The van der Waals surface area contributed by atoms with Crippen LogP contribution in [0.25, 0.3) is 0 Å². The zero-order valence-corrected chi connectivity index (χ0v) is 17.3. The Morgan fingerprint density at radius 1 is 1.04 bits per heavy atom. The molecule has 2 amide bonds. The first kappa shape index (κ1) is 21.4. The Kier molecular flexibility index (Phi) is 8.78. The third-order valence-corrected chi connectivity index (χ3v) is 5.28. The Bertz CT molecular complexity index is 736. The van der Waals surface area contributed by atoms with E-state index in [0.717, 1.165) is 10.4 Å². The van der Waals surface area contributed by atoms with Crippen LogP contribution in [-0.4, -0.2) is 54.3 Å².